The summed E-state index contributed by atoms with van der Waals surface area (Å²) >= 11 is 0. The van der Waals surface area contributed by atoms with Gasteiger partial charge >= 0.3 is 5.97 Å². The van der Waals surface area contributed by atoms with Gasteiger partial charge in [0, 0.05) is 32.4 Å². The SMILES string of the molecule is CCOC(=O)c1cnc2c(c(C)nn2C)c1N1CCc2cnc(CC)nc2C1. The molecule has 0 atom stereocenters. The summed E-state index contributed by atoms with van der Waals surface area (Å²) in [4.78, 5) is 28.5. The Kier molecular flexibility index (Phi) is 4.70. The summed E-state index contributed by atoms with van der Waals surface area (Å²) in [6.07, 6.45) is 5.15. The molecule has 0 aromatic carbocycles. The summed E-state index contributed by atoms with van der Waals surface area (Å²) in [6, 6.07) is 0. The van der Waals surface area contributed by atoms with E-state index in [1.54, 1.807) is 17.8 Å². The Morgan fingerprint density at radius 1 is 1.25 bits per heavy atom. The third-order valence-corrected chi connectivity index (χ3v) is 5.12. The molecule has 0 bridgehead atoms. The van der Waals surface area contributed by atoms with Crippen LogP contribution in [0.15, 0.2) is 12.4 Å². The minimum absolute atomic E-state index is 0.318. The van der Waals surface area contributed by atoms with Gasteiger partial charge in [-0.1, -0.05) is 6.92 Å². The molecule has 1 aliphatic heterocycles. The van der Waals surface area contributed by atoms with Gasteiger partial charge in [-0.05, 0) is 25.8 Å². The van der Waals surface area contributed by atoms with E-state index in [4.69, 9.17) is 9.72 Å². The van der Waals surface area contributed by atoms with E-state index in [0.29, 0.717) is 18.7 Å². The summed E-state index contributed by atoms with van der Waals surface area (Å²) in [5, 5.41) is 5.40. The van der Waals surface area contributed by atoms with Crippen molar-refractivity contribution in [2.24, 2.45) is 7.05 Å². The molecule has 0 unspecified atom stereocenters. The van der Waals surface area contributed by atoms with Crippen LogP contribution in [-0.4, -0.2) is 43.9 Å². The Bertz CT molecular complexity index is 1060. The zero-order valence-electron chi connectivity index (χ0n) is 16.7. The van der Waals surface area contributed by atoms with Crippen LogP contribution in [0.2, 0.25) is 0 Å². The smallest absolute Gasteiger partial charge is 0.341 e. The number of carbonyl (C=O) groups excluding carboxylic acids is 1. The highest BCUT2D eigenvalue weighted by atomic mass is 16.5. The van der Waals surface area contributed by atoms with E-state index >= 15 is 0 Å². The second-order valence-corrected chi connectivity index (χ2v) is 6.93. The molecule has 8 heteroatoms. The lowest BCUT2D eigenvalue weighted by Gasteiger charge is -2.31. The van der Waals surface area contributed by atoms with Gasteiger partial charge in [-0.25, -0.2) is 19.7 Å². The minimum Gasteiger partial charge on any atom is -0.462 e. The van der Waals surface area contributed by atoms with Gasteiger partial charge in [-0.2, -0.15) is 5.10 Å². The fraction of sp³-hybridized carbons (Fsp3) is 0.450. The Morgan fingerprint density at radius 2 is 2.07 bits per heavy atom. The van der Waals surface area contributed by atoms with E-state index in [-0.39, 0.29) is 5.97 Å². The van der Waals surface area contributed by atoms with Crippen LogP contribution in [-0.2, 0) is 31.2 Å². The highest BCUT2D eigenvalue weighted by molar-refractivity contribution is 6.05. The lowest BCUT2D eigenvalue weighted by Crippen LogP contribution is -2.33. The van der Waals surface area contributed by atoms with E-state index in [0.717, 1.165) is 53.3 Å². The summed E-state index contributed by atoms with van der Waals surface area (Å²) in [5.74, 6) is 0.474. The molecule has 0 N–H and O–H groups in total. The van der Waals surface area contributed by atoms with Crippen LogP contribution in [0.5, 0.6) is 0 Å². The fourth-order valence-corrected chi connectivity index (χ4v) is 3.79. The summed E-state index contributed by atoms with van der Waals surface area (Å²) < 4.78 is 7.05. The molecule has 0 spiro atoms. The second kappa shape index (κ2) is 7.18. The van der Waals surface area contributed by atoms with E-state index in [1.165, 1.54) is 5.56 Å². The normalized spacial score (nSPS) is 13.6. The van der Waals surface area contributed by atoms with Gasteiger partial charge in [0.25, 0.3) is 0 Å². The first-order valence-electron chi connectivity index (χ1n) is 9.61. The fourth-order valence-electron chi connectivity index (χ4n) is 3.79. The molecule has 0 saturated heterocycles. The van der Waals surface area contributed by atoms with E-state index < -0.39 is 0 Å². The van der Waals surface area contributed by atoms with Crippen LogP contribution in [0.25, 0.3) is 11.0 Å². The molecule has 0 fully saturated rings. The lowest BCUT2D eigenvalue weighted by atomic mass is 10.0. The van der Waals surface area contributed by atoms with Crippen molar-refractivity contribution < 1.29 is 9.53 Å². The highest BCUT2D eigenvalue weighted by Gasteiger charge is 2.28. The summed E-state index contributed by atoms with van der Waals surface area (Å²) in [7, 11) is 1.86. The molecule has 28 heavy (non-hydrogen) atoms. The topological polar surface area (TPSA) is 86.0 Å². The Balaban J connectivity index is 1.86. The zero-order chi connectivity index (χ0) is 19.8. The largest absolute Gasteiger partial charge is 0.462 e. The Labute approximate surface area is 163 Å². The number of carbonyl (C=O) groups is 1. The molecular weight excluding hydrogens is 356 g/mol. The number of hydrogen-bond donors (Lipinski definition) is 0. The monoisotopic (exact) mass is 380 g/mol. The van der Waals surface area contributed by atoms with Gasteiger partial charge in [0.1, 0.15) is 11.4 Å². The molecule has 0 radical (unpaired) electrons. The van der Waals surface area contributed by atoms with Crippen LogP contribution >= 0.6 is 0 Å². The second-order valence-electron chi connectivity index (χ2n) is 6.93. The average molecular weight is 380 g/mol. The predicted molar refractivity (Wildman–Crippen MR) is 105 cm³/mol. The summed E-state index contributed by atoms with van der Waals surface area (Å²) in [6.45, 7) is 7.49. The van der Waals surface area contributed by atoms with Crippen molar-refractivity contribution in [2.75, 3.05) is 18.1 Å². The standard InChI is InChI=1S/C20H24N6O2/c1-5-16-21-9-13-7-8-26(11-15(13)23-16)18-14(20(27)28-6-2)10-22-19-17(18)12(3)24-25(19)4/h9-10H,5-8,11H2,1-4H3. The molecule has 146 valence electrons. The molecule has 1 aliphatic rings. The minimum atomic E-state index is -0.363. The number of esters is 1. The van der Waals surface area contributed by atoms with E-state index in [2.05, 4.69) is 20.0 Å². The number of aryl methyl sites for hydroxylation is 3. The van der Waals surface area contributed by atoms with Crippen LogP contribution in [0, 0.1) is 6.92 Å². The molecule has 3 aromatic heterocycles. The Hall–Kier alpha value is -3.03. The average Bonchev–Trinajstić information content (AvgIpc) is 3.00. The van der Waals surface area contributed by atoms with Gasteiger partial charge in [0.2, 0.25) is 0 Å². The lowest BCUT2D eigenvalue weighted by molar-refractivity contribution is 0.0526. The number of anilines is 1. The zero-order valence-corrected chi connectivity index (χ0v) is 16.7. The van der Waals surface area contributed by atoms with Crippen molar-refractivity contribution in [3.8, 4) is 0 Å². The number of pyridine rings is 1. The third-order valence-electron chi connectivity index (χ3n) is 5.12. The van der Waals surface area contributed by atoms with Gasteiger partial charge in [-0.3, -0.25) is 4.68 Å². The third kappa shape index (κ3) is 2.98. The number of hydrogen-bond acceptors (Lipinski definition) is 7. The quantitative estimate of drug-likeness (QED) is 0.642. The van der Waals surface area contributed by atoms with Gasteiger partial charge in [0.05, 0.1) is 35.6 Å². The number of fused-ring (bicyclic) bond motifs is 2. The highest BCUT2D eigenvalue weighted by Crippen LogP contribution is 2.35. The van der Waals surface area contributed by atoms with Crippen molar-refractivity contribution >= 4 is 22.7 Å². The van der Waals surface area contributed by atoms with Gasteiger partial charge in [0.15, 0.2) is 5.65 Å². The van der Waals surface area contributed by atoms with Crippen molar-refractivity contribution in [3.63, 3.8) is 0 Å². The number of rotatable bonds is 4. The maximum atomic E-state index is 12.7. The molecule has 4 heterocycles. The summed E-state index contributed by atoms with van der Waals surface area (Å²) in [5.41, 5.74) is 5.07. The van der Waals surface area contributed by atoms with Crippen LogP contribution in [0.4, 0.5) is 5.69 Å². The number of ether oxygens (including phenoxy) is 1. The first-order chi connectivity index (χ1) is 13.5. The number of nitrogens with zero attached hydrogens (tertiary/aromatic N) is 6. The first-order valence-corrected chi connectivity index (χ1v) is 9.61. The van der Waals surface area contributed by atoms with Crippen molar-refractivity contribution in [1.29, 1.82) is 0 Å². The van der Waals surface area contributed by atoms with Crippen LogP contribution in [0.3, 0.4) is 0 Å². The molecule has 3 aromatic rings. The molecular formula is C20H24N6O2. The molecule has 0 amide bonds. The number of aromatic nitrogens is 5. The van der Waals surface area contributed by atoms with Crippen LogP contribution in [0.1, 0.15) is 47.0 Å². The van der Waals surface area contributed by atoms with Crippen molar-refractivity contribution in [3.05, 3.63) is 40.7 Å². The molecule has 0 saturated carbocycles. The van der Waals surface area contributed by atoms with Gasteiger partial charge < -0.3 is 9.64 Å². The molecule has 0 aliphatic carbocycles. The maximum absolute atomic E-state index is 12.7. The Morgan fingerprint density at radius 3 is 2.82 bits per heavy atom. The van der Waals surface area contributed by atoms with Crippen molar-refractivity contribution in [2.45, 2.75) is 40.2 Å². The predicted octanol–water partition coefficient (Wildman–Crippen LogP) is 2.37. The van der Waals surface area contributed by atoms with Gasteiger partial charge in [-0.15, -0.1) is 0 Å². The maximum Gasteiger partial charge on any atom is 0.341 e. The van der Waals surface area contributed by atoms with E-state index in [1.807, 2.05) is 27.1 Å². The van der Waals surface area contributed by atoms with Crippen molar-refractivity contribution in [1.82, 2.24) is 24.7 Å². The molecule has 8 nitrogen and oxygen atoms in total. The first kappa shape index (κ1) is 18.3. The van der Waals surface area contributed by atoms with Crippen LogP contribution < -0.4 is 4.90 Å². The molecule has 4 rings (SSSR count). The van der Waals surface area contributed by atoms with E-state index in [9.17, 15) is 4.79 Å².